The molecule has 6 nitrogen and oxygen atoms in total. The highest BCUT2D eigenvalue weighted by Gasteiger charge is 2.14. The number of carbonyl (C=O) groups excluding carboxylic acids is 1. The molecule has 0 aromatic heterocycles. The number of hydroxylamine groups is 1. The number of hydrogen-bond acceptors (Lipinski definition) is 4. The number of anilines is 1. The maximum atomic E-state index is 12.6. The minimum Gasteiger partial charge on any atom is -0.289 e. The van der Waals surface area contributed by atoms with Crippen molar-refractivity contribution in [1.82, 2.24) is 5.48 Å². The van der Waals surface area contributed by atoms with Crippen molar-refractivity contribution in [3.63, 3.8) is 0 Å². The van der Waals surface area contributed by atoms with Crippen LogP contribution in [0.25, 0.3) is 0 Å². The molecular formula is C15H15FN2O4S. The zero-order valence-electron chi connectivity index (χ0n) is 12.0. The van der Waals surface area contributed by atoms with Crippen molar-refractivity contribution in [1.29, 1.82) is 0 Å². The minimum atomic E-state index is -3.82. The van der Waals surface area contributed by atoms with E-state index in [-0.39, 0.29) is 16.9 Å². The van der Waals surface area contributed by atoms with Crippen LogP contribution in [0.5, 0.6) is 0 Å². The number of amides is 1. The van der Waals surface area contributed by atoms with Crippen molar-refractivity contribution >= 4 is 21.6 Å². The van der Waals surface area contributed by atoms with Crippen LogP contribution in [0.3, 0.4) is 0 Å². The molecule has 0 atom stereocenters. The van der Waals surface area contributed by atoms with Gasteiger partial charge in [0.25, 0.3) is 10.0 Å². The highest BCUT2D eigenvalue weighted by Crippen LogP contribution is 2.18. The Morgan fingerprint density at radius 2 is 1.78 bits per heavy atom. The predicted octanol–water partition coefficient (Wildman–Crippen LogP) is 2.00. The molecule has 23 heavy (non-hydrogen) atoms. The van der Waals surface area contributed by atoms with Gasteiger partial charge in [-0.2, -0.15) is 0 Å². The van der Waals surface area contributed by atoms with Gasteiger partial charge >= 0.3 is 0 Å². The Labute approximate surface area is 133 Å². The molecule has 2 aromatic rings. The molecule has 0 saturated carbocycles. The van der Waals surface area contributed by atoms with Gasteiger partial charge in [-0.05, 0) is 35.4 Å². The second-order valence-corrected chi connectivity index (χ2v) is 6.48. The third kappa shape index (κ3) is 4.51. The van der Waals surface area contributed by atoms with Gasteiger partial charge < -0.3 is 0 Å². The van der Waals surface area contributed by atoms with E-state index >= 15 is 0 Å². The average molecular weight is 338 g/mol. The number of halogens is 1. The lowest BCUT2D eigenvalue weighted by molar-refractivity contribution is -0.128. The summed E-state index contributed by atoms with van der Waals surface area (Å²) in [5.41, 5.74) is 2.71. The van der Waals surface area contributed by atoms with E-state index in [1.165, 1.54) is 41.9 Å². The second kappa shape index (κ2) is 7.21. The summed E-state index contributed by atoms with van der Waals surface area (Å²) < 4.78 is 39.5. The first-order chi connectivity index (χ1) is 10.9. The van der Waals surface area contributed by atoms with Crippen LogP contribution in [0, 0.1) is 0 Å². The number of sulfonamides is 1. The summed E-state index contributed by atoms with van der Waals surface area (Å²) in [5.74, 6) is -0.568. The molecule has 0 spiro atoms. The molecule has 122 valence electrons. The molecule has 0 bridgehead atoms. The topological polar surface area (TPSA) is 95.5 Å². The fourth-order valence-corrected chi connectivity index (χ4v) is 3.05. The summed E-state index contributed by atoms with van der Waals surface area (Å²) in [4.78, 5) is 11.0. The van der Waals surface area contributed by atoms with Crippen molar-refractivity contribution < 1.29 is 22.8 Å². The molecule has 0 aliphatic carbocycles. The maximum Gasteiger partial charge on any atom is 0.261 e. The van der Waals surface area contributed by atoms with E-state index in [0.717, 1.165) is 0 Å². The van der Waals surface area contributed by atoms with Crippen LogP contribution in [-0.2, 0) is 27.9 Å². The number of nitrogens with one attached hydrogen (secondary N) is 2. The molecule has 0 unspecified atom stereocenters. The highest BCUT2D eigenvalue weighted by atomic mass is 32.2. The van der Waals surface area contributed by atoms with E-state index in [0.29, 0.717) is 11.3 Å². The van der Waals surface area contributed by atoms with Gasteiger partial charge in [0.05, 0.1) is 11.3 Å². The molecule has 1 amide bonds. The Morgan fingerprint density at radius 3 is 2.39 bits per heavy atom. The van der Waals surface area contributed by atoms with Crippen LogP contribution in [-0.4, -0.2) is 19.5 Å². The Hall–Kier alpha value is -2.45. The zero-order valence-corrected chi connectivity index (χ0v) is 12.8. The SMILES string of the molecule is O=C(Cc1ccc(NS(=O)(=O)c2cccc(CF)c2)cc1)NO. The van der Waals surface area contributed by atoms with Gasteiger partial charge in [-0.3, -0.25) is 14.7 Å². The quantitative estimate of drug-likeness (QED) is 0.554. The fraction of sp³-hybridized carbons (Fsp3) is 0.133. The van der Waals surface area contributed by atoms with E-state index in [1.54, 1.807) is 12.1 Å². The van der Waals surface area contributed by atoms with Gasteiger partial charge in [-0.15, -0.1) is 0 Å². The van der Waals surface area contributed by atoms with Crippen molar-refractivity contribution in [2.45, 2.75) is 18.0 Å². The first kappa shape index (κ1) is 16.9. The summed E-state index contributed by atoms with van der Waals surface area (Å²) in [7, 11) is -3.82. The monoisotopic (exact) mass is 338 g/mol. The van der Waals surface area contributed by atoms with Crippen LogP contribution in [0.2, 0.25) is 0 Å². The first-order valence-corrected chi connectivity index (χ1v) is 8.12. The normalized spacial score (nSPS) is 11.0. The van der Waals surface area contributed by atoms with E-state index in [1.807, 2.05) is 0 Å². The third-order valence-corrected chi connectivity index (χ3v) is 4.44. The number of rotatable bonds is 6. The summed E-state index contributed by atoms with van der Waals surface area (Å²) in [6, 6.07) is 11.7. The number of carbonyl (C=O) groups is 1. The third-order valence-electron chi connectivity index (χ3n) is 3.06. The van der Waals surface area contributed by atoms with Crippen LogP contribution in [0.4, 0.5) is 10.1 Å². The van der Waals surface area contributed by atoms with E-state index in [4.69, 9.17) is 5.21 Å². The summed E-state index contributed by atoms with van der Waals surface area (Å²) in [6.07, 6.45) is -0.0257. The lowest BCUT2D eigenvalue weighted by Gasteiger charge is -2.09. The average Bonchev–Trinajstić information content (AvgIpc) is 2.56. The summed E-state index contributed by atoms with van der Waals surface area (Å²) in [5, 5.41) is 8.45. The van der Waals surface area contributed by atoms with Gasteiger partial charge in [-0.25, -0.2) is 18.3 Å². The predicted molar refractivity (Wildman–Crippen MR) is 82.1 cm³/mol. The summed E-state index contributed by atoms with van der Waals surface area (Å²) >= 11 is 0. The minimum absolute atomic E-state index is 0.0257. The van der Waals surface area contributed by atoms with Crippen LogP contribution in [0.15, 0.2) is 53.4 Å². The lowest BCUT2D eigenvalue weighted by Crippen LogP contribution is -2.20. The number of benzene rings is 2. The molecule has 0 saturated heterocycles. The van der Waals surface area contributed by atoms with E-state index in [9.17, 15) is 17.6 Å². The molecule has 2 rings (SSSR count). The highest BCUT2D eigenvalue weighted by molar-refractivity contribution is 7.92. The summed E-state index contributed by atoms with van der Waals surface area (Å²) in [6.45, 7) is -0.745. The van der Waals surface area contributed by atoms with Gasteiger partial charge in [-0.1, -0.05) is 24.3 Å². The fourth-order valence-electron chi connectivity index (χ4n) is 1.93. The molecular weight excluding hydrogens is 323 g/mol. The molecule has 3 N–H and O–H groups in total. The molecule has 0 aliphatic rings. The largest absolute Gasteiger partial charge is 0.289 e. The van der Waals surface area contributed by atoms with Crippen molar-refractivity contribution in [2.75, 3.05) is 4.72 Å². The smallest absolute Gasteiger partial charge is 0.261 e. The van der Waals surface area contributed by atoms with E-state index in [2.05, 4.69) is 4.72 Å². The van der Waals surface area contributed by atoms with Crippen LogP contribution >= 0.6 is 0 Å². The first-order valence-electron chi connectivity index (χ1n) is 6.64. The molecule has 0 radical (unpaired) electrons. The van der Waals surface area contributed by atoms with Crippen LogP contribution < -0.4 is 10.2 Å². The van der Waals surface area contributed by atoms with Crippen LogP contribution in [0.1, 0.15) is 11.1 Å². The molecule has 0 aliphatic heterocycles. The van der Waals surface area contributed by atoms with Gasteiger partial charge in [0.2, 0.25) is 5.91 Å². The Balaban J connectivity index is 2.15. The second-order valence-electron chi connectivity index (χ2n) is 4.80. The lowest BCUT2D eigenvalue weighted by atomic mass is 10.1. The van der Waals surface area contributed by atoms with Crippen molar-refractivity contribution in [3.05, 3.63) is 59.7 Å². The number of alkyl halides is 1. The molecule has 8 heteroatoms. The van der Waals surface area contributed by atoms with Gasteiger partial charge in [0.1, 0.15) is 6.67 Å². The Kier molecular flexibility index (Phi) is 5.30. The number of hydrogen-bond donors (Lipinski definition) is 3. The standard InChI is InChI=1S/C15H15FN2O4S/c16-10-12-2-1-3-14(8-12)23(21,22)18-13-6-4-11(5-7-13)9-15(19)17-20/h1-8,18,20H,9-10H2,(H,17,19). The Morgan fingerprint density at radius 1 is 1.09 bits per heavy atom. The van der Waals surface area contributed by atoms with E-state index < -0.39 is 22.6 Å². The molecule has 2 aromatic carbocycles. The maximum absolute atomic E-state index is 12.6. The van der Waals surface area contributed by atoms with Crippen molar-refractivity contribution in [3.8, 4) is 0 Å². The van der Waals surface area contributed by atoms with Gasteiger partial charge in [0.15, 0.2) is 0 Å². The molecule has 0 fully saturated rings. The zero-order chi connectivity index (χ0) is 16.9. The molecule has 0 heterocycles. The van der Waals surface area contributed by atoms with Gasteiger partial charge in [0, 0.05) is 5.69 Å². The Bertz CT molecular complexity index is 791. The van der Waals surface area contributed by atoms with Crippen molar-refractivity contribution in [2.24, 2.45) is 0 Å².